The highest BCUT2D eigenvalue weighted by Gasteiger charge is 2.38. The van der Waals surface area contributed by atoms with E-state index in [4.69, 9.17) is 9.47 Å². The number of rotatable bonds is 6. The molecule has 0 radical (unpaired) electrons. The van der Waals surface area contributed by atoms with Crippen LogP contribution < -0.4 is 0 Å². The summed E-state index contributed by atoms with van der Waals surface area (Å²) >= 11 is 0. The molecule has 0 aliphatic carbocycles. The van der Waals surface area contributed by atoms with Crippen LogP contribution in [0.15, 0.2) is 54.6 Å². The first kappa shape index (κ1) is 16.8. The van der Waals surface area contributed by atoms with Crippen molar-refractivity contribution in [3.8, 4) is 0 Å². The van der Waals surface area contributed by atoms with E-state index in [0.717, 1.165) is 31.2 Å². The maximum absolute atomic E-state index is 12.6. The largest absolute Gasteiger partial charge is 0.445 e. The standard InChI is InChI=1S/C20H25NO3/c1-2-3-5-10-17-11-18-14-23-15-19(12-17)21(18)20(22)24-13-16-8-6-4-7-9-16/h2,4,6-9,11,18-19H,1,3,5,10,12-15H2. The van der Waals surface area contributed by atoms with Crippen molar-refractivity contribution >= 4 is 6.09 Å². The molecule has 1 amide bonds. The second-order valence-corrected chi connectivity index (χ2v) is 6.42. The number of carbonyl (C=O) groups excluding carboxylic acids is 1. The molecule has 0 spiro atoms. The number of benzene rings is 1. The lowest BCUT2D eigenvalue weighted by Gasteiger charge is -2.43. The minimum Gasteiger partial charge on any atom is -0.445 e. The number of carbonyl (C=O) groups is 1. The molecule has 1 aromatic carbocycles. The summed E-state index contributed by atoms with van der Waals surface area (Å²) < 4.78 is 11.2. The third-order valence-electron chi connectivity index (χ3n) is 4.60. The molecule has 2 atom stereocenters. The predicted octanol–water partition coefficient (Wildman–Crippen LogP) is 4.08. The lowest BCUT2D eigenvalue weighted by Crippen LogP contribution is -2.56. The third-order valence-corrected chi connectivity index (χ3v) is 4.60. The molecule has 1 aromatic rings. The van der Waals surface area contributed by atoms with Gasteiger partial charge in [0.05, 0.1) is 25.3 Å². The van der Waals surface area contributed by atoms with Gasteiger partial charge in [-0.2, -0.15) is 0 Å². The highest BCUT2D eigenvalue weighted by Crippen LogP contribution is 2.30. The van der Waals surface area contributed by atoms with Gasteiger partial charge >= 0.3 is 6.09 Å². The Bertz CT molecular complexity index is 596. The monoisotopic (exact) mass is 327 g/mol. The molecule has 0 saturated carbocycles. The molecule has 3 rings (SSSR count). The summed E-state index contributed by atoms with van der Waals surface area (Å²) in [7, 11) is 0. The smallest absolute Gasteiger partial charge is 0.411 e. The minimum atomic E-state index is -0.237. The molecule has 128 valence electrons. The molecule has 2 heterocycles. The first-order valence-corrected chi connectivity index (χ1v) is 8.65. The molecule has 1 saturated heterocycles. The molecule has 2 unspecified atom stereocenters. The molecule has 2 aliphatic rings. The zero-order valence-electron chi connectivity index (χ0n) is 14.0. The number of allylic oxidation sites excluding steroid dienone is 1. The molecular formula is C20H25NO3. The number of hydrogen-bond acceptors (Lipinski definition) is 3. The number of unbranched alkanes of at least 4 members (excludes halogenated alkanes) is 1. The van der Waals surface area contributed by atoms with E-state index in [0.29, 0.717) is 19.8 Å². The Morgan fingerprint density at radius 2 is 2.17 bits per heavy atom. The normalized spacial score (nSPS) is 22.7. The Kier molecular flexibility index (Phi) is 5.70. The molecule has 4 nitrogen and oxygen atoms in total. The van der Waals surface area contributed by atoms with Gasteiger partial charge in [0.25, 0.3) is 0 Å². The minimum absolute atomic E-state index is 0.000459. The van der Waals surface area contributed by atoms with Crippen molar-refractivity contribution in [3.05, 3.63) is 60.2 Å². The van der Waals surface area contributed by atoms with Crippen molar-refractivity contribution in [1.82, 2.24) is 4.90 Å². The van der Waals surface area contributed by atoms with Crippen molar-refractivity contribution in [1.29, 1.82) is 0 Å². The summed E-state index contributed by atoms with van der Waals surface area (Å²) in [6.45, 7) is 5.23. The van der Waals surface area contributed by atoms with Crippen LogP contribution in [-0.2, 0) is 16.1 Å². The lowest BCUT2D eigenvalue weighted by atomic mass is 9.91. The van der Waals surface area contributed by atoms with E-state index in [1.54, 1.807) is 0 Å². The van der Waals surface area contributed by atoms with Crippen molar-refractivity contribution in [2.45, 2.75) is 44.4 Å². The van der Waals surface area contributed by atoms with Gasteiger partial charge in [0.1, 0.15) is 6.61 Å². The highest BCUT2D eigenvalue weighted by molar-refractivity contribution is 5.69. The van der Waals surface area contributed by atoms with E-state index < -0.39 is 0 Å². The Hall–Kier alpha value is -2.07. The molecule has 24 heavy (non-hydrogen) atoms. The Labute approximate surface area is 143 Å². The number of morpholine rings is 1. The Morgan fingerprint density at radius 3 is 2.92 bits per heavy atom. The summed E-state index contributed by atoms with van der Waals surface area (Å²) in [5, 5.41) is 0. The predicted molar refractivity (Wildman–Crippen MR) is 93.6 cm³/mol. The molecular weight excluding hydrogens is 302 g/mol. The molecule has 2 aliphatic heterocycles. The van der Waals surface area contributed by atoms with Crippen LogP contribution >= 0.6 is 0 Å². The molecule has 0 N–H and O–H groups in total. The van der Waals surface area contributed by atoms with Crippen molar-refractivity contribution < 1.29 is 14.3 Å². The van der Waals surface area contributed by atoms with Gasteiger partial charge in [-0.25, -0.2) is 4.79 Å². The average Bonchev–Trinajstić information content (AvgIpc) is 2.60. The van der Waals surface area contributed by atoms with Crippen molar-refractivity contribution in [2.75, 3.05) is 13.2 Å². The van der Waals surface area contributed by atoms with Crippen LogP contribution in [0, 0.1) is 0 Å². The fraction of sp³-hybridized carbons (Fsp3) is 0.450. The van der Waals surface area contributed by atoms with Crippen LogP contribution in [-0.4, -0.2) is 36.3 Å². The maximum atomic E-state index is 12.6. The summed E-state index contributed by atoms with van der Waals surface area (Å²) in [5.41, 5.74) is 2.44. The first-order valence-electron chi connectivity index (χ1n) is 8.65. The van der Waals surface area contributed by atoms with Crippen molar-refractivity contribution in [2.24, 2.45) is 0 Å². The zero-order valence-corrected chi connectivity index (χ0v) is 14.0. The van der Waals surface area contributed by atoms with E-state index in [1.807, 2.05) is 41.3 Å². The summed E-state index contributed by atoms with van der Waals surface area (Å²) in [6, 6.07) is 9.87. The number of ether oxygens (including phenoxy) is 2. The molecule has 1 fully saturated rings. The topological polar surface area (TPSA) is 38.8 Å². The van der Waals surface area contributed by atoms with Gasteiger partial charge in [0.15, 0.2) is 0 Å². The van der Waals surface area contributed by atoms with E-state index in [2.05, 4.69) is 12.7 Å². The molecule has 2 bridgehead atoms. The number of amides is 1. The Balaban J connectivity index is 1.60. The quantitative estimate of drug-likeness (QED) is 0.584. The van der Waals surface area contributed by atoms with Crippen LogP contribution in [0.4, 0.5) is 4.79 Å². The molecule has 4 heteroatoms. The number of nitrogens with zero attached hydrogens (tertiary/aromatic N) is 1. The van der Waals surface area contributed by atoms with Gasteiger partial charge < -0.3 is 9.47 Å². The fourth-order valence-corrected chi connectivity index (χ4v) is 3.42. The summed E-state index contributed by atoms with van der Waals surface area (Å²) in [4.78, 5) is 14.4. The van der Waals surface area contributed by atoms with Gasteiger partial charge in [0, 0.05) is 0 Å². The average molecular weight is 327 g/mol. The zero-order chi connectivity index (χ0) is 16.8. The maximum Gasteiger partial charge on any atom is 0.411 e. The van der Waals surface area contributed by atoms with Crippen LogP contribution in [0.25, 0.3) is 0 Å². The van der Waals surface area contributed by atoms with E-state index in [-0.39, 0.29) is 18.2 Å². The van der Waals surface area contributed by atoms with Crippen LogP contribution in [0.5, 0.6) is 0 Å². The van der Waals surface area contributed by atoms with Gasteiger partial charge in [-0.1, -0.05) is 48.1 Å². The van der Waals surface area contributed by atoms with Crippen molar-refractivity contribution in [3.63, 3.8) is 0 Å². The first-order chi connectivity index (χ1) is 11.8. The fourth-order valence-electron chi connectivity index (χ4n) is 3.42. The lowest BCUT2D eigenvalue weighted by molar-refractivity contribution is -0.0375. The van der Waals surface area contributed by atoms with Crippen LogP contribution in [0.2, 0.25) is 0 Å². The number of hydrogen-bond donors (Lipinski definition) is 0. The van der Waals surface area contributed by atoms with E-state index in [9.17, 15) is 4.79 Å². The summed E-state index contributed by atoms with van der Waals surface area (Å²) in [6.07, 6.45) is 8.03. The van der Waals surface area contributed by atoms with Gasteiger partial charge in [-0.3, -0.25) is 4.90 Å². The van der Waals surface area contributed by atoms with Gasteiger partial charge in [0.2, 0.25) is 0 Å². The molecule has 0 aromatic heterocycles. The van der Waals surface area contributed by atoms with Gasteiger partial charge in [-0.15, -0.1) is 6.58 Å². The second-order valence-electron chi connectivity index (χ2n) is 6.42. The SMILES string of the molecule is C=CCCCC1=CC2COCC(C1)N2C(=O)OCc1ccccc1. The Morgan fingerprint density at radius 1 is 1.33 bits per heavy atom. The second kappa shape index (κ2) is 8.15. The summed E-state index contributed by atoms with van der Waals surface area (Å²) in [5.74, 6) is 0. The van der Waals surface area contributed by atoms with E-state index in [1.165, 1.54) is 5.57 Å². The van der Waals surface area contributed by atoms with Crippen LogP contribution in [0.1, 0.15) is 31.2 Å². The third kappa shape index (κ3) is 4.06. The van der Waals surface area contributed by atoms with E-state index >= 15 is 0 Å². The van der Waals surface area contributed by atoms with Crippen LogP contribution in [0.3, 0.4) is 0 Å². The highest BCUT2D eigenvalue weighted by atomic mass is 16.6. The van der Waals surface area contributed by atoms with Gasteiger partial charge in [-0.05, 0) is 31.2 Å². The number of fused-ring (bicyclic) bond motifs is 2.